The van der Waals surface area contributed by atoms with Crippen LogP contribution >= 0.6 is 0 Å². The Morgan fingerprint density at radius 3 is 2.79 bits per heavy atom. The molecule has 28 heavy (non-hydrogen) atoms. The predicted molar refractivity (Wildman–Crippen MR) is 102 cm³/mol. The molecule has 4 aromatic rings. The highest BCUT2D eigenvalue weighted by Crippen LogP contribution is 2.18. The van der Waals surface area contributed by atoms with E-state index in [1.165, 1.54) is 29.8 Å². The third kappa shape index (κ3) is 3.35. The van der Waals surface area contributed by atoms with Crippen molar-refractivity contribution in [3.05, 3.63) is 65.5 Å². The van der Waals surface area contributed by atoms with Crippen LogP contribution in [0.15, 0.2) is 69.1 Å². The van der Waals surface area contributed by atoms with E-state index >= 15 is 0 Å². The van der Waals surface area contributed by atoms with Gasteiger partial charge in [-0.2, -0.15) is 0 Å². The van der Waals surface area contributed by atoms with Gasteiger partial charge in [0.05, 0.1) is 10.4 Å². The molecule has 0 amide bonds. The van der Waals surface area contributed by atoms with Crippen LogP contribution in [0.4, 0.5) is 0 Å². The fourth-order valence-corrected chi connectivity index (χ4v) is 3.92. The van der Waals surface area contributed by atoms with Crippen LogP contribution in [0, 0.1) is 0 Å². The highest BCUT2D eigenvalue weighted by molar-refractivity contribution is 7.89. The van der Waals surface area contributed by atoms with Gasteiger partial charge in [0, 0.05) is 38.7 Å². The molecule has 9 nitrogen and oxygen atoms in total. The fourth-order valence-electron chi connectivity index (χ4n) is 2.88. The molecule has 0 unspecified atom stereocenters. The third-order valence-corrected chi connectivity index (χ3v) is 5.79. The number of hydrogen-bond donors (Lipinski definition) is 1. The standard InChI is InChI=1S/C18H17N5O4S/c1-22-15-12-13(5-6-16(15)27-18(22)24)28(25,26)21-9-11-23-10-8-20-17(23)14-4-2-3-7-19-14/h2-8,10,12,21H,9,11H2,1H3. The molecular formula is C18H17N5O4S. The molecule has 1 N–H and O–H groups in total. The summed E-state index contributed by atoms with van der Waals surface area (Å²) in [4.78, 5) is 20.2. The molecule has 0 aliphatic rings. The van der Waals surface area contributed by atoms with Gasteiger partial charge in [-0.25, -0.2) is 22.9 Å². The van der Waals surface area contributed by atoms with Crippen molar-refractivity contribution in [2.45, 2.75) is 11.4 Å². The maximum Gasteiger partial charge on any atom is 0.419 e. The number of aromatic nitrogens is 4. The van der Waals surface area contributed by atoms with Gasteiger partial charge in [0.25, 0.3) is 0 Å². The molecule has 0 fully saturated rings. The van der Waals surface area contributed by atoms with Gasteiger partial charge in [0.15, 0.2) is 11.4 Å². The van der Waals surface area contributed by atoms with E-state index in [0.717, 1.165) is 0 Å². The Balaban J connectivity index is 1.50. The Morgan fingerprint density at radius 1 is 1.14 bits per heavy atom. The van der Waals surface area contributed by atoms with Crippen molar-refractivity contribution in [2.24, 2.45) is 7.05 Å². The first-order chi connectivity index (χ1) is 13.5. The number of fused-ring (bicyclic) bond motifs is 1. The minimum Gasteiger partial charge on any atom is -0.408 e. The van der Waals surface area contributed by atoms with E-state index in [9.17, 15) is 13.2 Å². The van der Waals surface area contributed by atoms with Crippen LogP contribution in [-0.2, 0) is 23.6 Å². The molecule has 144 valence electrons. The molecule has 4 rings (SSSR count). The van der Waals surface area contributed by atoms with E-state index in [4.69, 9.17) is 4.42 Å². The number of pyridine rings is 1. The second-order valence-electron chi connectivity index (χ2n) is 6.11. The molecule has 0 spiro atoms. The molecule has 3 heterocycles. The average Bonchev–Trinajstić information content (AvgIpc) is 3.27. The van der Waals surface area contributed by atoms with Gasteiger partial charge in [-0.05, 0) is 30.3 Å². The molecule has 0 aliphatic carbocycles. The molecule has 10 heteroatoms. The zero-order valence-corrected chi connectivity index (χ0v) is 15.8. The molecular weight excluding hydrogens is 382 g/mol. The van der Waals surface area contributed by atoms with Gasteiger partial charge in [0.1, 0.15) is 5.69 Å². The molecule has 0 bridgehead atoms. The summed E-state index contributed by atoms with van der Waals surface area (Å²) in [5.41, 5.74) is 1.46. The van der Waals surface area contributed by atoms with E-state index < -0.39 is 15.8 Å². The topological polar surface area (TPSA) is 112 Å². The number of benzene rings is 1. The number of sulfonamides is 1. The lowest BCUT2D eigenvalue weighted by atomic mass is 10.3. The number of nitrogens with one attached hydrogen (secondary N) is 1. The summed E-state index contributed by atoms with van der Waals surface area (Å²) in [5.74, 6) is 0.120. The van der Waals surface area contributed by atoms with Crippen LogP contribution in [0.25, 0.3) is 22.6 Å². The number of aryl methyl sites for hydroxylation is 1. The van der Waals surface area contributed by atoms with Crippen LogP contribution in [0.1, 0.15) is 0 Å². The van der Waals surface area contributed by atoms with Crippen molar-refractivity contribution < 1.29 is 12.8 Å². The Morgan fingerprint density at radius 2 is 2.00 bits per heavy atom. The summed E-state index contributed by atoms with van der Waals surface area (Å²) in [5, 5.41) is 0. The summed E-state index contributed by atoms with van der Waals surface area (Å²) < 4.78 is 35.9. The molecule has 0 atom stereocenters. The number of imidazole rings is 1. The molecule has 0 saturated carbocycles. The smallest absolute Gasteiger partial charge is 0.408 e. The van der Waals surface area contributed by atoms with E-state index in [1.807, 2.05) is 22.8 Å². The maximum atomic E-state index is 12.6. The van der Waals surface area contributed by atoms with Crippen molar-refractivity contribution in [1.29, 1.82) is 0 Å². The summed E-state index contributed by atoms with van der Waals surface area (Å²) in [6.07, 6.45) is 5.09. The van der Waals surface area contributed by atoms with Gasteiger partial charge in [0.2, 0.25) is 10.0 Å². The predicted octanol–water partition coefficient (Wildman–Crippen LogP) is 1.37. The van der Waals surface area contributed by atoms with Gasteiger partial charge < -0.3 is 8.98 Å². The molecule has 1 aromatic carbocycles. The van der Waals surface area contributed by atoms with E-state index in [0.29, 0.717) is 29.2 Å². The van der Waals surface area contributed by atoms with E-state index in [1.54, 1.807) is 18.6 Å². The summed E-state index contributed by atoms with van der Waals surface area (Å²) in [6, 6.07) is 9.82. The summed E-state index contributed by atoms with van der Waals surface area (Å²) in [6.45, 7) is 0.554. The second kappa shape index (κ2) is 7.06. The van der Waals surface area contributed by atoms with Crippen LogP contribution < -0.4 is 10.5 Å². The minimum atomic E-state index is -3.75. The lowest BCUT2D eigenvalue weighted by Crippen LogP contribution is -2.27. The zero-order chi connectivity index (χ0) is 19.7. The Labute approximate surface area is 160 Å². The zero-order valence-electron chi connectivity index (χ0n) is 14.9. The van der Waals surface area contributed by atoms with Gasteiger partial charge in [-0.1, -0.05) is 6.07 Å². The number of oxazole rings is 1. The molecule has 0 saturated heterocycles. The van der Waals surface area contributed by atoms with Gasteiger partial charge in [-0.3, -0.25) is 9.55 Å². The normalized spacial score (nSPS) is 11.9. The highest BCUT2D eigenvalue weighted by atomic mass is 32.2. The first kappa shape index (κ1) is 18.1. The van der Waals surface area contributed by atoms with Crippen molar-refractivity contribution in [3.63, 3.8) is 0 Å². The first-order valence-electron chi connectivity index (χ1n) is 8.47. The monoisotopic (exact) mass is 399 g/mol. The average molecular weight is 399 g/mol. The summed E-state index contributed by atoms with van der Waals surface area (Å²) >= 11 is 0. The fraction of sp³-hybridized carbons (Fsp3) is 0.167. The Kier molecular flexibility index (Phi) is 4.57. The van der Waals surface area contributed by atoms with Crippen LogP contribution in [0.5, 0.6) is 0 Å². The van der Waals surface area contributed by atoms with Crippen molar-refractivity contribution in [1.82, 2.24) is 23.8 Å². The quantitative estimate of drug-likeness (QED) is 0.524. The van der Waals surface area contributed by atoms with Gasteiger partial charge in [-0.15, -0.1) is 0 Å². The first-order valence-corrected chi connectivity index (χ1v) is 9.96. The summed E-state index contributed by atoms with van der Waals surface area (Å²) in [7, 11) is -2.22. The van der Waals surface area contributed by atoms with Gasteiger partial charge >= 0.3 is 5.76 Å². The second-order valence-corrected chi connectivity index (χ2v) is 7.88. The largest absolute Gasteiger partial charge is 0.419 e. The van der Waals surface area contributed by atoms with E-state index in [2.05, 4.69) is 14.7 Å². The maximum absolute atomic E-state index is 12.6. The van der Waals surface area contributed by atoms with Crippen LogP contribution in [-0.4, -0.2) is 34.1 Å². The lowest BCUT2D eigenvalue weighted by Gasteiger charge is -2.10. The lowest BCUT2D eigenvalue weighted by molar-refractivity contribution is 0.528. The van der Waals surface area contributed by atoms with Crippen molar-refractivity contribution in [2.75, 3.05) is 6.54 Å². The molecule has 0 aliphatic heterocycles. The SMILES string of the molecule is Cn1c(=O)oc2ccc(S(=O)(=O)NCCn3ccnc3-c3ccccn3)cc21. The van der Waals surface area contributed by atoms with Crippen molar-refractivity contribution in [3.8, 4) is 11.5 Å². The van der Waals surface area contributed by atoms with E-state index in [-0.39, 0.29) is 11.4 Å². The Bertz CT molecular complexity index is 1290. The Hall–Kier alpha value is -3.24. The minimum absolute atomic E-state index is 0.0620. The van der Waals surface area contributed by atoms with Crippen LogP contribution in [0.2, 0.25) is 0 Å². The third-order valence-electron chi connectivity index (χ3n) is 4.33. The number of hydrogen-bond acceptors (Lipinski definition) is 6. The molecule has 3 aromatic heterocycles. The number of rotatable bonds is 6. The highest BCUT2D eigenvalue weighted by Gasteiger charge is 2.17. The number of nitrogens with zero attached hydrogens (tertiary/aromatic N) is 4. The van der Waals surface area contributed by atoms with Crippen LogP contribution in [0.3, 0.4) is 0 Å². The van der Waals surface area contributed by atoms with Crippen molar-refractivity contribution >= 4 is 21.1 Å². The molecule has 0 radical (unpaired) electrons.